The van der Waals surface area contributed by atoms with E-state index in [1.54, 1.807) is 12.1 Å². The van der Waals surface area contributed by atoms with Gasteiger partial charge in [-0.05, 0) is 33.6 Å². The number of imidazole rings is 1. The van der Waals surface area contributed by atoms with Crippen LogP contribution in [0.3, 0.4) is 0 Å². The lowest BCUT2D eigenvalue weighted by atomic mass is 10.1. The predicted octanol–water partition coefficient (Wildman–Crippen LogP) is 2.69. The number of halogens is 2. The van der Waals surface area contributed by atoms with Crippen LogP contribution in [0.5, 0.6) is 0 Å². The zero-order valence-corrected chi connectivity index (χ0v) is 10.7. The van der Waals surface area contributed by atoms with Crippen molar-refractivity contribution in [3.63, 3.8) is 0 Å². The summed E-state index contributed by atoms with van der Waals surface area (Å²) in [5.41, 5.74) is 2.30. The summed E-state index contributed by atoms with van der Waals surface area (Å²) in [5.74, 6) is -0.320. The smallest absolute Gasteiger partial charge is 0.310 e. The van der Waals surface area contributed by atoms with Crippen LogP contribution < -0.4 is 0 Å². The zero-order chi connectivity index (χ0) is 11.7. The molecule has 0 spiro atoms. The molecule has 0 unspecified atom stereocenters. The molecule has 2 aromatic rings. The third kappa shape index (κ3) is 2.20. The molecular weight excluding hydrogens is 295 g/mol. The molecule has 0 saturated carbocycles. The van der Waals surface area contributed by atoms with Gasteiger partial charge in [0.1, 0.15) is 0 Å². The van der Waals surface area contributed by atoms with Crippen molar-refractivity contribution in [1.82, 2.24) is 9.97 Å². The molecule has 0 amide bonds. The number of hydrogen-bond acceptors (Lipinski definition) is 3. The van der Waals surface area contributed by atoms with Crippen LogP contribution in [-0.4, -0.2) is 23.0 Å². The second-order valence-corrected chi connectivity index (χ2v) is 4.40. The Morgan fingerprint density at radius 1 is 1.62 bits per heavy atom. The molecule has 84 valence electrons. The lowest BCUT2D eigenvalue weighted by Crippen LogP contribution is -2.04. The van der Waals surface area contributed by atoms with Gasteiger partial charge < -0.3 is 9.72 Å². The Balaban J connectivity index is 2.45. The lowest BCUT2D eigenvalue weighted by molar-refractivity contribution is -0.139. The first-order chi connectivity index (χ1) is 7.60. The second-order valence-electron chi connectivity index (χ2n) is 3.24. The number of esters is 1. The third-order valence-electron chi connectivity index (χ3n) is 2.18. The monoisotopic (exact) mass is 302 g/mol. The summed E-state index contributed by atoms with van der Waals surface area (Å²) in [6.45, 7) is 0. The molecule has 0 aliphatic rings. The van der Waals surface area contributed by atoms with Crippen molar-refractivity contribution in [2.45, 2.75) is 6.42 Å². The molecular formula is C10H8BrClN2O2. The summed E-state index contributed by atoms with van der Waals surface area (Å²) in [4.78, 5) is 18.3. The number of H-pyrrole nitrogens is 1. The Morgan fingerprint density at radius 3 is 3.06 bits per heavy atom. The molecule has 1 N–H and O–H groups in total. The molecule has 0 aliphatic heterocycles. The van der Waals surface area contributed by atoms with Gasteiger partial charge in [0.05, 0.1) is 24.6 Å². The van der Waals surface area contributed by atoms with Gasteiger partial charge in [0.15, 0.2) is 4.73 Å². The minimum atomic E-state index is -0.320. The maximum Gasteiger partial charge on any atom is 0.310 e. The number of aromatic nitrogens is 2. The highest BCUT2D eigenvalue weighted by Crippen LogP contribution is 2.24. The number of carbonyl (C=O) groups is 1. The highest BCUT2D eigenvalue weighted by molar-refractivity contribution is 9.10. The molecule has 0 radical (unpaired) electrons. The maximum atomic E-state index is 11.2. The Kier molecular flexibility index (Phi) is 3.16. The van der Waals surface area contributed by atoms with E-state index < -0.39 is 0 Å². The number of ether oxygens (including phenoxy) is 1. The minimum absolute atomic E-state index is 0.155. The van der Waals surface area contributed by atoms with Crippen LogP contribution in [0.25, 0.3) is 11.0 Å². The highest BCUT2D eigenvalue weighted by atomic mass is 79.9. The van der Waals surface area contributed by atoms with Crippen molar-refractivity contribution in [2.24, 2.45) is 0 Å². The summed E-state index contributed by atoms with van der Waals surface area (Å²) >= 11 is 9.27. The normalized spacial score (nSPS) is 10.7. The van der Waals surface area contributed by atoms with Gasteiger partial charge in [-0.2, -0.15) is 0 Å². The summed E-state index contributed by atoms with van der Waals surface area (Å²) in [6, 6.07) is 3.52. The number of fused-ring (bicyclic) bond motifs is 1. The van der Waals surface area contributed by atoms with Gasteiger partial charge in [0.2, 0.25) is 0 Å². The first kappa shape index (κ1) is 11.4. The fourth-order valence-electron chi connectivity index (χ4n) is 1.41. The van der Waals surface area contributed by atoms with Crippen LogP contribution in [-0.2, 0) is 16.0 Å². The average Bonchev–Trinajstić information content (AvgIpc) is 2.58. The molecule has 4 nitrogen and oxygen atoms in total. The van der Waals surface area contributed by atoms with Crippen LogP contribution in [0.1, 0.15) is 5.56 Å². The molecule has 16 heavy (non-hydrogen) atoms. The van der Waals surface area contributed by atoms with E-state index >= 15 is 0 Å². The van der Waals surface area contributed by atoms with E-state index in [-0.39, 0.29) is 12.4 Å². The van der Waals surface area contributed by atoms with Gasteiger partial charge in [-0.3, -0.25) is 4.79 Å². The number of carbonyl (C=O) groups excluding carboxylic acids is 1. The first-order valence-electron chi connectivity index (χ1n) is 4.50. The summed E-state index contributed by atoms with van der Waals surface area (Å²) < 4.78 is 5.23. The van der Waals surface area contributed by atoms with Gasteiger partial charge in [-0.15, -0.1) is 0 Å². The molecule has 0 saturated heterocycles. The van der Waals surface area contributed by atoms with E-state index in [0.29, 0.717) is 9.76 Å². The standard InChI is InChI=1S/C10H8BrClN2O2/c1-16-9(15)3-5-2-7-8(4-6(5)12)14-10(11)13-7/h2,4H,3H2,1H3,(H,13,14). The number of nitrogens with zero attached hydrogens (tertiary/aromatic N) is 1. The fraction of sp³-hybridized carbons (Fsp3) is 0.200. The predicted molar refractivity (Wildman–Crippen MR) is 64.5 cm³/mol. The van der Waals surface area contributed by atoms with E-state index in [1.165, 1.54) is 7.11 Å². The van der Waals surface area contributed by atoms with Crippen LogP contribution in [0.2, 0.25) is 5.02 Å². The lowest BCUT2D eigenvalue weighted by Gasteiger charge is -2.02. The Morgan fingerprint density at radius 2 is 2.38 bits per heavy atom. The number of hydrogen-bond donors (Lipinski definition) is 1. The molecule has 0 aliphatic carbocycles. The van der Waals surface area contributed by atoms with E-state index in [2.05, 4.69) is 30.6 Å². The summed E-state index contributed by atoms with van der Waals surface area (Å²) in [6.07, 6.45) is 0.155. The van der Waals surface area contributed by atoms with Crippen molar-refractivity contribution in [2.75, 3.05) is 7.11 Å². The first-order valence-corrected chi connectivity index (χ1v) is 5.67. The molecule has 0 atom stereocenters. The Bertz CT molecular complexity index is 553. The zero-order valence-electron chi connectivity index (χ0n) is 8.38. The molecule has 2 rings (SSSR count). The highest BCUT2D eigenvalue weighted by Gasteiger charge is 2.10. The SMILES string of the molecule is COC(=O)Cc1cc2[nH]c(Br)nc2cc1Cl. The van der Waals surface area contributed by atoms with E-state index in [4.69, 9.17) is 11.6 Å². The summed E-state index contributed by atoms with van der Waals surface area (Å²) in [7, 11) is 1.35. The fourth-order valence-corrected chi connectivity index (χ4v) is 2.04. The largest absolute Gasteiger partial charge is 0.469 e. The van der Waals surface area contributed by atoms with Gasteiger partial charge in [-0.25, -0.2) is 4.98 Å². The molecule has 6 heteroatoms. The van der Waals surface area contributed by atoms with Crippen LogP contribution >= 0.6 is 27.5 Å². The third-order valence-corrected chi connectivity index (χ3v) is 2.91. The van der Waals surface area contributed by atoms with Gasteiger partial charge in [-0.1, -0.05) is 11.6 Å². The van der Waals surface area contributed by atoms with E-state index in [1.807, 2.05) is 0 Å². The Hall–Kier alpha value is -1.07. The van der Waals surface area contributed by atoms with Crippen molar-refractivity contribution < 1.29 is 9.53 Å². The number of methoxy groups -OCH3 is 1. The van der Waals surface area contributed by atoms with Gasteiger partial charge >= 0.3 is 5.97 Å². The second kappa shape index (κ2) is 4.43. The van der Waals surface area contributed by atoms with Gasteiger partial charge in [0, 0.05) is 5.02 Å². The average molecular weight is 304 g/mol. The molecule has 1 heterocycles. The molecule has 1 aromatic carbocycles. The molecule has 1 aromatic heterocycles. The quantitative estimate of drug-likeness (QED) is 0.868. The maximum absolute atomic E-state index is 11.2. The van der Waals surface area contributed by atoms with Crippen molar-refractivity contribution >= 4 is 44.5 Å². The summed E-state index contributed by atoms with van der Waals surface area (Å²) in [5, 5.41) is 0.511. The molecule has 0 fully saturated rings. The van der Waals surface area contributed by atoms with Crippen molar-refractivity contribution in [3.05, 3.63) is 27.5 Å². The Labute approximate surface area is 105 Å². The topological polar surface area (TPSA) is 55.0 Å². The van der Waals surface area contributed by atoms with Crippen molar-refractivity contribution in [1.29, 1.82) is 0 Å². The minimum Gasteiger partial charge on any atom is -0.469 e. The number of benzene rings is 1. The van der Waals surface area contributed by atoms with Crippen LogP contribution in [0.15, 0.2) is 16.9 Å². The van der Waals surface area contributed by atoms with Crippen molar-refractivity contribution in [3.8, 4) is 0 Å². The number of nitrogens with one attached hydrogen (secondary N) is 1. The van der Waals surface area contributed by atoms with Crippen LogP contribution in [0, 0.1) is 0 Å². The van der Waals surface area contributed by atoms with Gasteiger partial charge in [0.25, 0.3) is 0 Å². The van der Waals surface area contributed by atoms with E-state index in [9.17, 15) is 4.79 Å². The van der Waals surface area contributed by atoms with Crippen LogP contribution in [0.4, 0.5) is 0 Å². The van der Waals surface area contributed by atoms with E-state index in [0.717, 1.165) is 16.6 Å². The number of aromatic amines is 1. The molecule has 0 bridgehead atoms. The number of rotatable bonds is 2.